The van der Waals surface area contributed by atoms with Crippen molar-refractivity contribution in [2.45, 2.75) is 12.5 Å². The Morgan fingerprint density at radius 1 is 0.955 bits per heavy atom. The summed E-state index contributed by atoms with van der Waals surface area (Å²) in [6.07, 6.45) is -9.61. The van der Waals surface area contributed by atoms with E-state index in [1.807, 2.05) is 0 Å². The van der Waals surface area contributed by atoms with Crippen LogP contribution in [0.1, 0.15) is 5.69 Å². The molecule has 0 aliphatic heterocycles. The van der Waals surface area contributed by atoms with Crippen LogP contribution in [-0.4, -0.2) is 11.3 Å². The molecule has 2 aromatic rings. The van der Waals surface area contributed by atoms with E-state index in [4.69, 9.17) is 11.6 Å². The van der Waals surface area contributed by atoms with Crippen molar-refractivity contribution in [3.63, 3.8) is 0 Å². The molecule has 2 rings (SSSR count). The summed E-state index contributed by atoms with van der Waals surface area (Å²) in [5.41, 5.74) is -1.52. The first-order valence-electron chi connectivity index (χ1n) is 5.66. The Balaban J connectivity index is 2.46. The number of hydrogen-bond acceptors (Lipinski definition) is 2. The van der Waals surface area contributed by atoms with Crippen molar-refractivity contribution >= 4 is 11.6 Å². The van der Waals surface area contributed by atoms with Gasteiger partial charge in [0, 0.05) is 5.56 Å². The molecule has 0 saturated carbocycles. The first-order valence-corrected chi connectivity index (χ1v) is 6.04. The zero-order valence-electron chi connectivity index (χ0n) is 10.5. The van der Waals surface area contributed by atoms with Gasteiger partial charge in [-0.15, -0.1) is 13.2 Å². The molecule has 0 fully saturated rings. The zero-order chi connectivity index (χ0) is 16.5. The van der Waals surface area contributed by atoms with E-state index >= 15 is 0 Å². The molecule has 0 N–H and O–H groups in total. The van der Waals surface area contributed by atoms with E-state index < -0.39 is 24.0 Å². The van der Waals surface area contributed by atoms with Crippen molar-refractivity contribution in [2.75, 3.05) is 0 Å². The smallest absolute Gasteiger partial charge is 0.406 e. The van der Waals surface area contributed by atoms with Crippen LogP contribution in [0.3, 0.4) is 0 Å². The lowest BCUT2D eigenvalue weighted by Gasteiger charge is -2.12. The third-order valence-corrected chi connectivity index (χ3v) is 2.78. The third kappa shape index (κ3) is 4.03. The second-order valence-corrected chi connectivity index (χ2v) is 4.51. The second kappa shape index (κ2) is 5.68. The molecule has 118 valence electrons. The van der Waals surface area contributed by atoms with E-state index in [0.717, 1.165) is 18.2 Å². The van der Waals surface area contributed by atoms with Crippen molar-refractivity contribution < 1.29 is 31.1 Å². The van der Waals surface area contributed by atoms with Crippen LogP contribution >= 0.6 is 11.6 Å². The van der Waals surface area contributed by atoms with Crippen LogP contribution in [-0.2, 0) is 6.18 Å². The first kappa shape index (κ1) is 16.4. The van der Waals surface area contributed by atoms with Crippen LogP contribution in [0.5, 0.6) is 5.75 Å². The number of aromatic nitrogens is 1. The molecule has 0 aliphatic carbocycles. The molecule has 0 amide bonds. The highest BCUT2D eigenvalue weighted by Gasteiger charge is 2.33. The summed E-state index contributed by atoms with van der Waals surface area (Å²) in [5, 5.41) is -0.128. The molecule has 1 aromatic carbocycles. The predicted octanol–water partition coefficient (Wildman–Crippen LogP) is 5.32. The van der Waals surface area contributed by atoms with Gasteiger partial charge < -0.3 is 4.74 Å². The summed E-state index contributed by atoms with van der Waals surface area (Å²) >= 11 is 5.77. The van der Waals surface area contributed by atoms with Crippen molar-refractivity contribution in [1.29, 1.82) is 0 Å². The van der Waals surface area contributed by atoms with Gasteiger partial charge in [-0.2, -0.15) is 13.2 Å². The Bertz CT molecular complexity index is 683. The van der Waals surface area contributed by atoms with E-state index in [1.165, 1.54) is 12.1 Å². The van der Waals surface area contributed by atoms with Gasteiger partial charge in [0.2, 0.25) is 0 Å². The molecular weight excluding hydrogens is 336 g/mol. The lowest BCUT2D eigenvalue weighted by molar-refractivity contribution is -0.274. The Hall–Kier alpha value is -1.96. The van der Waals surface area contributed by atoms with Gasteiger partial charge in [0.1, 0.15) is 11.4 Å². The number of pyridine rings is 1. The molecule has 0 radical (unpaired) electrons. The fraction of sp³-hybridized carbons (Fsp3) is 0.154. The third-order valence-electron chi connectivity index (χ3n) is 2.48. The Labute approximate surface area is 125 Å². The quantitative estimate of drug-likeness (QED) is 0.690. The fourth-order valence-electron chi connectivity index (χ4n) is 1.64. The topological polar surface area (TPSA) is 22.1 Å². The van der Waals surface area contributed by atoms with Gasteiger partial charge in [0.05, 0.1) is 10.7 Å². The summed E-state index contributed by atoms with van der Waals surface area (Å²) in [4.78, 5) is 3.36. The molecule has 22 heavy (non-hydrogen) atoms. The summed E-state index contributed by atoms with van der Waals surface area (Å²) < 4.78 is 78.1. The number of benzene rings is 1. The minimum atomic E-state index is -4.91. The minimum absolute atomic E-state index is 0.0298. The summed E-state index contributed by atoms with van der Waals surface area (Å²) in [7, 11) is 0. The molecule has 0 aliphatic rings. The number of rotatable bonds is 2. The molecule has 0 unspecified atom stereocenters. The molecule has 1 aromatic heterocycles. The lowest BCUT2D eigenvalue weighted by Crippen LogP contribution is -2.17. The number of ether oxygens (including phenoxy) is 1. The monoisotopic (exact) mass is 341 g/mol. The fourth-order valence-corrected chi connectivity index (χ4v) is 1.86. The average Bonchev–Trinajstić information content (AvgIpc) is 2.36. The number of nitrogens with zero attached hydrogens (tertiary/aromatic N) is 1. The van der Waals surface area contributed by atoms with Gasteiger partial charge in [-0.1, -0.05) is 23.7 Å². The molecule has 0 spiro atoms. The molecule has 0 bridgehead atoms. The van der Waals surface area contributed by atoms with E-state index in [2.05, 4.69) is 9.72 Å². The van der Waals surface area contributed by atoms with E-state index in [0.29, 0.717) is 6.07 Å². The predicted molar refractivity (Wildman–Crippen MR) is 66.4 cm³/mol. The van der Waals surface area contributed by atoms with Crippen molar-refractivity contribution in [3.05, 3.63) is 47.1 Å². The van der Waals surface area contributed by atoms with Crippen molar-refractivity contribution in [2.24, 2.45) is 0 Å². The van der Waals surface area contributed by atoms with E-state index in [-0.39, 0.29) is 16.3 Å². The zero-order valence-corrected chi connectivity index (χ0v) is 11.2. The Morgan fingerprint density at radius 2 is 1.64 bits per heavy atom. The van der Waals surface area contributed by atoms with Crippen LogP contribution in [0.4, 0.5) is 26.3 Å². The average molecular weight is 342 g/mol. The Morgan fingerprint density at radius 3 is 2.23 bits per heavy atom. The highest BCUT2D eigenvalue weighted by Crippen LogP contribution is 2.34. The van der Waals surface area contributed by atoms with Crippen LogP contribution in [0.2, 0.25) is 5.02 Å². The maximum atomic E-state index is 12.6. The van der Waals surface area contributed by atoms with Crippen molar-refractivity contribution in [3.8, 4) is 17.0 Å². The highest BCUT2D eigenvalue weighted by atomic mass is 35.5. The number of halogens is 7. The standard InChI is InChI=1S/C13H6ClF6NO/c14-9-4-5-10(12(15,16)17)21-11(9)7-2-1-3-8(6-7)22-13(18,19)20/h1-6H. The lowest BCUT2D eigenvalue weighted by atomic mass is 10.1. The summed E-state index contributed by atoms with van der Waals surface area (Å²) in [5.74, 6) is -0.583. The summed E-state index contributed by atoms with van der Waals surface area (Å²) in [6, 6.07) is 6.04. The normalized spacial score (nSPS) is 12.3. The van der Waals surface area contributed by atoms with Gasteiger partial charge in [-0.05, 0) is 24.3 Å². The molecule has 2 nitrogen and oxygen atoms in total. The molecule has 0 saturated heterocycles. The number of alkyl halides is 6. The van der Waals surface area contributed by atoms with Gasteiger partial charge in [0.25, 0.3) is 0 Å². The highest BCUT2D eigenvalue weighted by molar-refractivity contribution is 6.33. The molecule has 9 heteroatoms. The minimum Gasteiger partial charge on any atom is -0.406 e. The Kier molecular flexibility index (Phi) is 4.23. The van der Waals surface area contributed by atoms with Crippen molar-refractivity contribution in [1.82, 2.24) is 4.98 Å². The SMILES string of the molecule is FC(F)(F)Oc1cccc(-c2nc(C(F)(F)F)ccc2Cl)c1. The van der Waals surface area contributed by atoms with Gasteiger partial charge >= 0.3 is 12.5 Å². The first-order chi connectivity index (χ1) is 10.1. The second-order valence-electron chi connectivity index (χ2n) is 4.10. The maximum Gasteiger partial charge on any atom is 0.573 e. The van der Waals surface area contributed by atoms with E-state index in [9.17, 15) is 26.3 Å². The number of hydrogen-bond donors (Lipinski definition) is 0. The molecule has 0 atom stereocenters. The maximum absolute atomic E-state index is 12.6. The van der Waals surface area contributed by atoms with E-state index in [1.54, 1.807) is 0 Å². The molecular formula is C13H6ClF6NO. The summed E-state index contributed by atoms with van der Waals surface area (Å²) in [6.45, 7) is 0. The van der Waals surface area contributed by atoms with Crippen LogP contribution in [0, 0.1) is 0 Å². The largest absolute Gasteiger partial charge is 0.573 e. The van der Waals surface area contributed by atoms with Crippen LogP contribution in [0.15, 0.2) is 36.4 Å². The van der Waals surface area contributed by atoms with Gasteiger partial charge in [-0.25, -0.2) is 4.98 Å². The van der Waals surface area contributed by atoms with Gasteiger partial charge in [0.15, 0.2) is 0 Å². The molecule has 1 heterocycles. The van der Waals surface area contributed by atoms with Crippen LogP contribution < -0.4 is 4.74 Å². The van der Waals surface area contributed by atoms with Gasteiger partial charge in [-0.3, -0.25) is 0 Å². The van der Waals surface area contributed by atoms with Crippen LogP contribution in [0.25, 0.3) is 11.3 Å².